The average molecular weight is 684 g/mol. The topological polar surface area (TPSA) is 14.2 Å². The van der Waals surface area contributed by atoms with E-state index in [1.54, 1.807) is 0 Å². The van der Waals surface area contributed by atoms with Gasteiger partial charge in [0.05, 0.1) is 11.0 Å². The van der Waals surface area contributed by atoms with Crippen molar-refractivity contribution >= 4 is 33.0 Å². The lowest BCUT2D eigenvalue weighted by Gasteiger charge is -2.27. The van der Waals surface area contributed by atoms with Gasteiger partial charge in [0.2, 0.25) is 0 Å². The second-order valence-corrected chi connectivity index (χ2v) is 16.2. The Kier molecular flexibility index (Phi) is 6.82. The van der Waals surface area contributed by atoms with Gasteiger partial charge in [0.1, 0.15) is 11.5 Å². The van der Waals surface area contributed by atoms with Crippen molar-refractivity contribution in [1.82, 2.24) is 4.57 Å². The van der Waals surface area contributed by atoms with Crippen LogP contribution in [0.15, 0.2) is 158 Å². The van der Waals surface area contributed by atoms with Crippen molar-refractivity contribution in [3.63, 3.8) is 0 Å². The molecule has 2 aliphatic rings. The van der Waals surface area contributed by atoms with E-state index in [4.69, 9.17) is 4.74 Å². The van der Waals surface area contributed by atoms with Crippen LogP contribution < -0.4 is 4.74 Å². The molecule has 7 aromatic carbocycles. The molecule has 1 aliphatic heterocycles. The molecule has 0 N–H and O–H groups in total. The molecule has 0 radical (unpaired) electrons. The SMILES string of the molecule is CC(C)(C)c1ccc2c(c1)c1cc3c(cc1n2-c1ccc2c(c1)C(=C(c1ccccc1)c1ccccc1)c1ccccc1O2)C(C)(C)c1ccccc1-3. The predicted octanol–water partition coefficient (Wildman–Crippen LogP) is 13.5. The molecule has 0 unspecified atom stereocenters. The summed E-state index contributed by atoms with van der Waals surface area (Å²) in [5, 5.41) is 2.56. The number of ether oxygens (including phenoxy) is 1. The number of fused-ring (bicyclic) bond motifs is 8. The van der Waals surface area contributed by atoms with Crippen molar-refractivity contribution in [3.05, 3.63) is 197 Å². The molecule has 0 spiro atoms. The quantitative estimate of drug-likeness (QED) is 0.181. The summed E-state index contributed by atoms with van der Waals surface area (Å²) < 4.78 is 9.20. The first kappa shape index (κ1) is 31.6. The zero-order chi connectivity index (χ0) is 36.1. The van der Waals surface area contributed by atoms with Gasteiger partial charge in [-0.3, -0.25) is 0 Å². The Morgan fingerprint density at radius 2 is 1.13 bits per heavy atom. The first-order valence-electron chi connectivity index (χ1n) is 18.7. The molecule has 8 aromatic rings. The molecule has 2 nitrogen and oxygen atoms in total. The van der Waals surface area contributed by atoms with Gasteiger partial charge in [-0.1, -0.05) is 144 Å². The van der Waals surface area contributed by atoms with Gasteiger partial charge < -0.3 is 9.30 Å². The summed E-state index contributed by atoms with van der Waals surface area (Å²) in [4.78, 5) is 0. The molecule has 1 aromatic heterocycles. The monoisotopic (exact) mass is 683 g/mol. The van der Waals surface area contributed by atoms with Gasteiger partial charge in [0.25, 0.3) is 0 Å². The van der Waals surface area contributed by atoms with Crippen molar-refractivity contribution in [1.29, 1.82) is 0 Å². The van der Waals surface area contributed by atoms with Crippen LogP contribution in [0.4, 0.5) is 0 Å². The maximum atomic E-state index is 6.71. The van der Waals surface area contributed by atoms with Crippen LogP contribution in [0.25, 0.3) is 49.8 Å². The Morgan fingerprint density at radius 3 is 1.85 bits per heavy atom. The maximum absolute atomic E-state index is 6.71. The van der Waals surface area contributed by atoms with E-state index in [-0.39, 0.29) is 10.8 Å². The number of aromatic nitrogens is 1. The zero-order valence-electron chi connectivity index (χ0n) is 30.9. The van der Waals surface area contributed by atoms with Gasteiger partial charge in [-0.15, -0.1) is 0 Å². The summed E-state index contributed by atoms with van der Waals surface area (Å²) in [5.41, 5.74) is 17.1. The summed E-state index contributed by atoms with van der Waals surface area (Å²) >= 11 is 0. The minimum Gasteiger partial charge on any atom is -0.456 e. The van der Waals surface area contributed by atoms with Crippen LogP contribution in [-0.2, 0) is 10.8 Å². The molecule has 2 heterocycles. The fourth-order valence-electron chi connectivity index (χ4n) is 8.86. The number of rotatable bonds is 3. The summed E-state index contributed by atoms with van der Waals surface area (Å²) in [6.45, 7) is 11.6. The molecule has 0 fully saturated rings. The maximum Gasteiger partial charge on any atom is 0.135 e. The van der Waals surface area contributed by atoms with E-state index in [1.165, 1.54) is 71.9 Å². The Hall–Kier alpha value is -6.12. The number of para-hydroxylation sites is 1. The third-order valence-electron chi connectivity index (χ3n) is 11.6. The molecule has 0 atom stereocenters. The minimum absolute atomic E-state index is 0.0233. The normalized spacial score (nSPS) is 14.0. The van der Waals surface area contributed by atoms with Gasteiger partial charge in [-0.2, -0.15) is 0 Å². The molecule has 10 rings (SSSR count). The van der Waals surface area contributed by atoms with Crippen LogP contribution in [0.5, 0.6) is 11.5 Å². The van der Waals surface area contributed by atoms with Crippen molar-refractivity contribution in [2.75, 3.05) is 0 Å². The van der Waals surface area contributed by atoms with Crippen LogP contribution in [0.3, 0.4) is 0 Å². The van der Waals surface area contributed by atoms with Crippen molar-refractivity contribution in [2.24, 2.45) is 0 Å². The second kappa shape index (κ2) is 11.4. The third-order valence-corrected chi connectivity index (χ3v) is 11.6. The first-order valence-corrected chi connectivity index (χ1v) is 18.7. The van der Waals surface area contributed by atoms with Crippen LogP contribution in [0.1, 0.15) is 73.6 Å². The van der Waals surface area contributed by atoms with Crippen LogP contribution in [-0.4, -0.2) is 4.57 Å². The summed E-state index contributed by atoms with van der Waals surface area (Å²) in [6.07, 6.45) is 0. The Morgan fingerprint density at radius 1 is 0.509 bits per heavy atom. The smallest absolute Gasteiger partial charge is 0.135 e. The van der Waals surface area contributed by atoms with Crippen molar-refractivity contribution < 1.29 is 4.74 Å². The summed E-state index contributed by atoms with van der Waals surface area (Å²) in [6, 6.07) is 57.7. The molecule has 2 heteroatoms. The fourth-order valence-corrected chi connectivity index (χ4v) is 8.86. The Balaban J connectivity index is 1.29. The van der Waals surface area contributed by atoms with E-state index in [2.05, 4.69) is 197 Å². The number of hydrogen-bond donors (Lipinski definition) is 0. The number of hydrogen-bond acceptors (Lipinski definition) is 1. The van der Waals surface area contributed by atoms with Gasteiger partial charge >= 0.3 is 0 Å². The average Bonchev–Trinajstić information content (AvgIpc) is 3.61. The van der Waals surface area contributed by atoms with Crippen LogP contribution in [0.2, 0.25) is 0 Å². The predicted molar refractivity (Wildman–Crippen MR) is 221 cm³/mol. The third kappa shape index (κ3) is 4.78. The summed E-state index contributed by atoms with van der Waals surface area (Å²) in [5.74, 6) is 1.73. The van der Waals surface area contributed by atoms with E-state index < -0.39 is 0 Å². The number of benzene rings is 7. The second-order valence-electron chi connectivity index (χ2n) is 16.2. The largest absolute Gasteiger partial charge is 0.456 e. The van der Waals surface area contributed by atoms with Gasteiger partial charge in [0.15, 0.2) is 0 Å². The highest BCUT2D eigenvalue weighted by molar-refractivity contribution is 6.12. The van der Waals surface area contributed by atoms with Crippen LogP contribution in [0, 0.1) is 0 Å². The lowest BCUT2D eigenvalue weighted by atomic mass is 9.82. The van der Waals surface area contributed by atoms with E-state index >= 15 is 0 Å². The lowest BCUT2D eigenvalue weighted by Crippen LogP contribution is -2.15. The molecular formula is C51H41NO. The van der Waals surface area contributed by atoms with E-state index in [0.717, 1.165) is 28.3 Å². The van der Waals surface area contributed by atoms with E-state index in [0.29, 0.717) is 0 Å². The molecule has 53 heavy (non-hydrogen) atoms. The fraction of sp³-hybridized carbons (Fsp3) is 0.137. The first-order chi connectivity index (χ1) is 25.7. The molecule has 0 saturated heterocycles. The molecule has 0 amide bonds. The highest BCUT2D eigenvalue weighted by Crippen LogP contribution is 2.52. The van der Waals surface area contributed by atoms with E-state index in [9.17, 15) is 0 Å². The lowest BCUT2D eigenvalue weighted by molar-refractivity contribution is 0.474. The highest BCUT2D eigenvalue weighted by atomic mass is 16.5. The van der Waals surface area contributed by atoms with Crippen LogP contribution >= 0.6 is 0 Å². The molecular weight excluding hydrogens is 643 g/mol. The molecule has 256 valence electrons. The van der Waals surface area contributed by atoms with E-state index in [1.807, 2.05) is 0 Å². The standard InChI is InChI=1S/C51H41NO/c1-50(2,3)34-24-26-44-39(28-34)40-30-38-36-20-12-14-22-42(36)51(4,5)43(38)31-45(40)52(44)35-25-27-47-41(29-35)49(37-21-13-15-23-46(37)53-47)48(32-16-8-6-9-17-32)33-18-10-7-11-19-33/h6-31H,1-5H3. The Labute approximate surface area is 311 Å². The van der Waals surface area contributed by atoms with Crippen molar-refractivity contribution in [2.45, 2.75) is 45.4 Å². The van der Waals surface area contributed by atoms with Gasteiger partial charge in [-0.25, -0.2) is 0 Å². The molecule has 1 aliphatic carbocycles. The molecule has 0 saturated carbocycles. The highest BCUT2D eigenvalue weighted by Gasteiger charge is 2.36. The van der Waals surface area contributed by atoms with Gasteiger partial charge in [0, 0.05) is 38.6 Å². The zero-order valence-corrected chi connectivity index (χ0v) is 30.9. The Bertz CT molecular complexity index is 2750. The number of nitrogens with zero attached hydrogens (tertiary/aromatic N) is 1. The molecule has 0 bridgehead atoms. The van der Waals surface area contributed by atoms with Gasteiger partial charge in [-0.05, 0) is 98.5 Å². The summed E-state index contributed by atoms with van der Waals surface area (Å²) in [7, 11) is 0. The van der Waals surface area contributed by atoms with Crippen molar-refractivity contribution in [3.8, 4) is 28.3 Å². The minimum atomic E-state index is -0.110.